The number of aryl methyl sites for hydroxylation is 1. The number of rotatable bonds is 6. The Kier molecular flexibility index (Phi) is 5.73. The van der Waals surface area contributed by atoms with Crippen molar-refractivity contribution in [1.29, 1.82) is 0 Å². The molecule has 7 nitrogen and oxygen atoms in total. The Hall–Kier alpha value is -2.97. The second-order valence-corrected chi connectivity index (χ2v) is 6.95. The first-order valence-electron chi connectivity index (χ1n) is 9.56. The zero-order valence-electron chi connectivity index (χ0n) is 16.2. The van der Waals surface area contributed by atoms with E-state index in [0.717, 1.165) is 24.6 Å². The van der Waals surface area contributed by atoms with Crippen LogP contribution in [0.3, 0.4) is 0 Å². The summed E-state index contributed by atoms with van der Waals surface area (Å²) in [4.78, 5) is 19.2. The zero-order valence-corrected chi connectivity index (χ0v) is 16.2. The number of benzene rings is 1. The van der Waals surface area contributed by atoms with Crippen molar-refractivity contribution in [3.63, 3.8) is 0 Å². The third kappa shape index (κ3) is 4.38. The van der Waals surface area contributed by atoms with Gasteiger partial charge < -0.3 is 14.5 Å². The molecule has 0 radical (unpaired) electrons. The van der Waals surface area contributed by atoms with Gasteiger partial charge in [0.15, 0.2) is 0 Å². The molecule has 2 aromatic heterocycles. The molecule has 0 saturated carbocycles. The van der Waals surface area contributed by atoms with Gasteiger partial charge in [0.2, 0.25) is 0 Å². The van der Waals surface area contributed by atoms with E-state index < -0.39 is 0 Å². The summed E-state index contributed by atoms with van der Waals surface area (Å²) in [7, 11) is 0. The van der Waals surface area contributed by atoms with Gasteiger partial charge in [0.1, 0.15) is 23.0 Å². The summed E-state index contributed by atoms with van der Waals surface area (Å²) in [6, 6.07) is 9.71. The lowest BCUT2D eigenvalue weighted by Gasteiger charge is -2.33. The van der Waals surface area contributed by atoms with E-state index in [-0.39, 0.29) is 17.8 Å². The molecule has 3 aromatic rings. The van der Waals surface area contributed by atoms with Gasteiger partial charge >= 0.3 is 0 Å². The predicted octanol–water partition coefficient (Wildman–Crippen LogP) is 2.72. The van der Waals surface area contributed by atoms with E-state index in [0.29, 0.717) is 31.1 Å². The van der Waals surface area contributed by atoms with Gasteiger partial charge in [-0.3, -0.25) is 14.3 Å². The molecule has 152 valence electrons. The topological polar surface area (TPSA) is 72.5 Å². The predicted molar refractivity (Wildman–Crippen MR) is 104 cm³/mol. The number of imidazole rings is 1. The largest absolute Gasteiger partial charge is 0.465 e. The van der Waals surface area contributed by atoms with Gasteiger partial charge in [0, 0.05) is 25.3 Å². The average Bonchev–Trinajstić information content (AvgIpc) is 3.39. The Bertz CT molecular complexity index is 960. The fraction of sp³-hybridized carbons (Fsp3) is 0.333. The number of carbonyl (C=O) groups excluding carboxylic acids is 1. The van der Waals surface area contributed by atoms with Crippen molar-refractivity contribution < 1.29 is 18.3 Å². The van der Waals surface area contributed by atoms with Crippen LogP contribution < -0.4 is 5.32 Å². The third-order valence-electron chi connectivity index (χ3n) is 5.01. The second kappa shape index (κ2) is 8.59. The van der Waals surface area contributed by atoms with Crippen LogP contribution in [0.4, 0.5) is 4.39 Å². The Morgan fingerprint density at radius 2 is 1.97 bits per heavy atom. The van der Waals surface area contributed by atoms with Gasteiger partial charge in [-0.1, -0.05) is 0 Å². The third-order valence-corrected chi connectivity index (χ3v) is 5.01. The van der Waals surface area contributed by atoms with Crippen LogP contribution in [-0.2, 0) is 4.74 Å². The van der Waals surface area contributed by atoms with Crippen molar-refractivity contribution in [1.82, 2.24) is 19.8 Å². The molecule has 8 heteroatoms. The summed E-state index contributed by atoms with van der Waals surface area (Å²) in [6.45, 7) is 5.14. The molecule has 1 atom stereocenters. The minimum Gasteiger partial charge on any atom is -0.465 e. The number of furan rings is 1. The van der Waals surface area contributed by atoms with E-state index >= 15 is 0 Å². The minimum absolute atomic E-state index is 0.0845. The number of hydrogen-bond donors (Lipinski definition) is 1. The lowest BCUT2D eigenvalue weighted by Crippen LogP contribution is -2.43. The highest BCUT2D eigenvalue weighted by Gasteiger charge is 2.26. The van der Waals surface area contributed by atoms with Crippen LogP contribution in [0.15, 0.2) is 53.3 Å². The van der Waals surface area contributed by atoms with Crippen LogP contribution in [-0.4, -0.2) is 53.2 Å². The Labute approximate surface area is 168 Å². The zero-order chi connectivity index (χ0) is 20.2. The molecule has 4 rings (SSSR count). The van der Waals surface area contributed by atoms with Crippen LogP contribution in [0.2, 0.25) is 0 Å². The molecule has 1 fully saturated rings. The smallest absolute Gasteiger partial charge is 0.269 e. The second-order valence-electron chi connectivity index (χ2n) is 6.95. The number of carbonyl (C=O) groups is 1. The Balaban J connectivity index is 1.50. The first kappa shape index (κ1) is 19.4. The van der Waals surface area contributed by atoms with Crippen LogP contribution in [0.5, 0.6) is 0 Å². The van der Waals surface area contributed by atoms with E-state index in [1.807, 2.05) is 19.1 Å². The first-order chi connectivity index (χ1) is 14.1. The summed E-state index contributed by atoms with van der Waals surface area (Å²) in [5, 5.41) is 3.00. The Morgan fingerprint density at radius 3 is 2.66 bits per heavy atom. The van der Waals surface area contributed by atoms with E-state index in [2.05, 4.69) is 15.2 Å². The van der Waals surface area contributed by atoms with Crippen molar-refractivity contribution in [2.24, 2.45) is 0 Å². The molecule has 1 saturated heterocycles. The lowest BCUT2D eigenvalue weighted by atomic mass is 10.1. The standard InChI is InChI=1S/C21H23FN4O3/c1-15-2-7-20(29-15)18(25-8-10-28-11-9-25)13-24-21(27)19-12-23-14-26(19)17-5-3-16(22)4-6-17/h2-7,12,14,18H,8-11,13H2,1H3,(H,24,27). The van der Waals surface area contributed by atoms with Crippen LogP contribution in [0.25, 0.3) is 5.69 Å². The minimum atomic E-state index is -0.332. The van der Waals surface area contributed by atoms with Gasteiger partial charge in [-0.25, -0.2) is 9.37 Å². The quantitative estimate of drug-likeness (QED) is 0.691. The fourth-order valence-electron chi connectivity index (χ4n) is 3.48. The average molecular weight is 398 g/mol. The number of amides is 1. The highest BCUT2D eigenvalue weighted by molar-refractivity contribution is 5.93. The normalized spacial score (nSPS) is 15.9. The van der Waals surface area contributed by atoms with E-state index in [1.54, 1.807) is 16.7 Å². The summed E-state index contributed by atoms with van der Waals surface area (Å²) in [6.07, 6.45) is 3.04. The highest BCUT2D eigenvalue weighted by Crippen LogP contribution is 2.23. The molecule has 0 aliphatic carbocycles. The van der Waals surface area contributed by atoms with Gasteiger partial charge in [0.05, 0.1) is 31.8 Å². The van der Waals surface area contributed by atoms with Crippen molar-refractivity contribution in [2.45, 2.75) is 13.0 Å². The van der Waals surface area contributed by atoms with Crippen molar-refractivity contribution in [3.05, 3.63) is 72.0 Å². The van der Waals surface area contributed by atoms with Gasteiger partial charge in [-0.05, 0) is 43.3 Å². The maximum absolute atomic E-state index is 13.2. The molecule has 3 heterocycles. The molecule has 1 aliphatic heterocycles. The van der Waals surface area contributed by atoms with E-state index in [9.17, 15) is 9.18 Å². The van der Waals surface area contributed by atoms with Crippen LogP contribution in [0.1, 0.15) is 28.1 Å². The summed E-state index contributed by atoms with van der Waals surface area (Å²) in [5.74, 6) is 1.06. The van der Waals surface area contributed by atoms with Crippen LogP contribution in [0, 0.1) is 12.7 Å². The van der Waals surface area contributed by atoms with Crippen molar-refractivity contribution >= 4 is 5.91 Å². The molecule has 0 spiro atoms. The maximum atomic E-state index is 13.2. The Morgan fingerprint density at radius 1 is 1.21 bits per heavy atom. The number of nitrogens with zero attached hydrogens (tertiary/aromatic N) is 3. The molecule has 1 unspecified atom stereocenters. The van der Waals surface area contributed by atoms with Crippen molar-refractivity contribution in [2.75, 3.05) is 32.8 Å². The molecule has 29 heavy (non-hydrogen) atoms. The SMILES string of the molecule is Cc1ccc(C(CNC(=O)c2cncn2-c2ccc(F)cc2)N2CCOCC2)o1. The van der Waals surface area contributed by atoms with Crippen molar-refractivity contribution in [3.8, 4) is 5.69 Å². The van der Waals surface area contributed by atoms with Gasteiger partial charge in [-0.15, -0.1) is 0 Å². The molecule has 1 aromatic carbocycles. The maximum Gasteiger partial charge on any atom is 0.269 e. The van der Waals surface area contributed by atoms with Gasteiger partial charge in [-0.2, -0.15) is 0 Å². The number of aromatic nitrogens is 2. The number of halogens is 1. The van der Waals surface area contributed by atoms with Gasteiger partial charge in [0.25, 0.3) is 5.91 Å². The molecular weight excluding hydrogens is 375 g/mol. The van der Waals surface area contributed by atoms with E-state index in [4.69, 9.17) is 9.15 Å². The number of nitrogens with one attached hydrogen (secondary N) is 1. The number of ether oxygens (including phenoxy) is 1. The van der Waals surface area contributed by atoms with E-state index in [1.165, 1.54) is 24.7 Å². The monoisotopic (exact) mass is 398 g/mol. The number of morpholine rings is 1. The van der Waals surface area contributed by atoms with Crippen LogP contribution >= 0.6 is 0 Å². The number of hydrogen-bond acceptors (Lipinski definition) is 5. The molecule has 0 bridgehead atoms. The highest BCUT2D eigenvalue weighted by atomic mass is 19.1. The summed E-state index contributed by atoms with van der Waals surface area (Å²) in [5.41, 5.74) is 1.05. The molecular formula is C21H23FN4O3. The lowest BCUT2D eigenvalue weighted by molar-refractivity contribution is 0.0116. The molecule has 1 N–H and O–H groups in total. The summed E-state index contributed by atoms with van der Waals surface area (Å²) < 4.78 is 26.1. The molecule has 1 amide bonds. The fourth-order valence-corrected chi connectivity index (χ4v) is 3.48. The first-order valence-corrected chi connectivity index (χ1v) is 9.56. The summed E-state index contributed by atoms with van der Waals surface area (Å²) >= 11 is 0. The molecule has 1 aliphatic rings.